The predicted octanol–water partition coefficient (Wildman–Crippen LogP) is 7.91. The first kappa shape index (κ1) is 28.4. The van der Waals surface area contributed by atoms with Gasteiger partial charge in [0.2, 0.25) is 11.2 Å². The van der Waals surface area contributed by atoms with E-state index < -0.39 is 5.43 Å². The van der Waals surface area contributed by atoms with Crippen molar-refractivity contribution in [1.29, 1.82) is 0 Å². The second kappa shape index (κ2) is 13.1. The number of fused-ring (bicyclic) bond motifs is 1. The fourth-order valence-electron chi connectivity index (χ4n) is 4.86. The zero-order chi connectivity index (χ0) is 30.3. The standard InChI is InChI=1S/C37H30O7/c1-40-37-33(43-23-27-15-9-4-10-16-27)20-32-34(36(37)39)35(38)30(24-44-32)29-18-17-28(41-21-25-11-5-2-6-12-25)19-31(29)42-22-26-13-7-3-8-14-26/h2-20,24,39H,21-23H2,1H3. The quantitative estimate of drug-likeness (QED) is 0.165. The summed E-state index contributed by atoms with van der Waals surface area (Å²) in [5.41, 5.74) is 3.34. The minimum absolute atomic E-state index is 0.0233. The highest BCUT2D eigenvalue weighted by atomic mass is 16.5. The van der Waals surface area contributed by atoms with Crippen molar-refractivity contribution in [2.24, 2.45) is 0 Å². The van der Waals surface area contributed by atoms with Crippen molar-refractivity contribution in [3.63, 3.8) is 0 Å². The highest BCUT2D eigenvalue weighted by Crippen LogP contribution is 2.43. The lowest BCUT2D eigenvalue weighted by molar-refractivity contribution is 0.278. The molecule has 44 heavy (non-hydrogen) atoms. The van der Waals surface area contributed by atoms with E-state index in [0.717, 1.165) is 16.7 Å². The van der Waals surface area contributed by atoms with Crippen LogP contribution >= 0.6 is 0 Å². The number of ether oxygens (including phenoxy) is 4. The van der Waals surface area contributed by atoms with Gasteiger partial charge in [-0.15, -0.1) is 0 Å². The van der Waals surface area contributed by atoms with Crippen LogP contribution in [0.4, 0.5) is 0 Å². The third-order valence-corrected chi connectivity index (χ3v) is 7.13. The van der Waals surface area contributed by atoms with Crippen LogP contribution < -0.4 is 24.4 Å². The van der Waals surface area contributed by atoms with Crippen molar-refractivity contribution in [1.82, 2.24) is 0 Å². The summed E-state index contributed by atoms with van der Waals surface area (Å²) in [6.07, 6.45) is 1.37. The molecule has 5 aromatic carbocycles. The van der Waals surface area contributed by atoms with E-state index in [0.29, 0.717) is 23.7 Å². The van der Waals surface area contributed by atoms with Gasteiger partial charge in [0, 0.05) is 17.7 Å². The van der Waals surface area contributed by atoms with Crippen molar-refractivity contribution in [3.8, 4) is 39.9 Å². The van der Waals surface area contributed by atoms with Crippen molar-refractivity contribution >= 4 is 11.0 Å². The fraction of sp³-hybridized carbons (Fsp3) is 0.108. The molecule has 1 heterocycles. The number of rotatable bonds is 11. The number of methoxy groups -OCH3 is 1. The monoisotopic (exact) mass is 586 g/mol. The molecule has 1 aromatic heterocycles. The molecule has 0 amide bonds. The molecule has 0 saturated carbocycles. The van der Waals surface area contributed by atoms with Crippen LogP contribution in [0.3, 0.4) is 0 Å². The molecule has 0 aliphatic heterocycles. The summed E-state index contributed by atoms with van der Waals surface area (Å²) in [6, 6.07) is 36.0. The highest BCUT2D eigenvalue weighted by molar-refractivity contribution is 5.91. The Hall–Kier alpha value is -5.69. The Labute approximate surface area is 254 Å². The molecule has 0 radical (unpaired) electrons. The molecule has 0 unspecified atom stereocenters. The van der Waals surface area contributed by atoms with Gasteiger partial charge in [0.25, 0.3) is 0 Å². The Bertz CT molecular complexity index is 1920. The van der Waals surface area contributed by atoms with Crippen LogP contribution in [0.25, 0.3) is 22.1 Å². The van der Waals surface area contributed by atoms with Crippen molar-refractivity contribution in [3.05, 3.63) is 148 Å². The number of aromatic hydroxyl groups is 1. The van der Waals surface area contributed by atoms with E-state index in [9.17, 15) is 9.90 Å². The Morgan fingerprint density at radius 2 is 1.18 bits per heavy atom. The van der Waals surface area contributed by atoms with E-state index in [1.165, 1.54) is 13.4 Å². The fourth-order valence-corrected chi connectivity index (χ4v) is 4.86. The van der Waals surface area contributed by atoms with E-state index >= 15 is 0 Å². The summed E-state index contributed by atoms with van der Waals surface area (Å²) in [4.78, 5) is 13.9. The summed E-state index contributed by atoms with van der Waals surface area (Å²) in [6.45, 7) is 0.889. The van der Waals surface area contributed by atoms with E-state index in [1.54, 1.807) is 24.3 Å². The molecule has 6 aromatic rings. The molecule has 7 nitrogen and oxygen atoms in total. The minimum atomic E-state index is -0.445. The maximum Gasteiger partial charge on any atom is 0.204 e. The van der Waals surface area contributed by atoms with E-state index in [4.69, 9.17) is 23.4 Å². The van der Waals surface area contributed by atoms with Crippen LogP contribution in [0.1, 0.15) is 16.7 Å². The lowest BCUT2D eigenvalue weighted by Gasteiger charge is -2.16. The Balaban J connectivity index is 1.36. The molecule has 0 aliphatic carbocycles. The van der Waals surface area contributed by atoms with Crippen LogP contribution in [0.5, 0.6) is 28.7 Å². The molecule has 0 spiro atoms. The lowest BCUT2D eigenvalue weighted by atomic mass is 10.0. The number of phenolic OH excluding ortho intramolecular Hbond substituents is 1. The summed E-state index contributed by atoms with van der Waals surface area (Å²) >= 11 is 0. The molecule has 1 N–H and O–H groups in total. The van der Waals surface area contributed by atoms with Gasteiger partial charge >= 0.3 is 0 Å². The summed E-state index contributed by atoms with van der Waals surface area (Å²) in [5, 5.41) is 11.2. The van der Waals surface area contributed by atoms with Crippen molar-refractivity contribution < 1.29 is 28.5 Å². The molecule has 0 atom stereocenters. The summed E-state index contributed by atoms with van der Waals surface area (Å²) in [5.74, 6) is 0.946. The molecule has 0 bridgehead atoms. The molecule has 220 valence electrons. The maximum atomic E-state index is 13.9. The Kier molecular flexibility index (Phi) is 8.46. The second-order valence-electron chi connectivity index (χ2n) is 10.1. The highest BCUT2D eigenvalue weighted by Gasteiger charge is 2.22. The van der Waals surface area contributed by atoms with Crippen LogP contribution in [0.15, 0.2) is 131 Å². The molecule has 0 fully saturated rings. The SMILES string of the molecule is COc1c(OCc2ccccc2)cc2occ(-c3ccc(OCc4ccccc4)cc3OCc3ccccc3)c(=O)c2c1O. The van der Waals surface area contributed by atoms with Crippen molar-refractivity contribution in [2.45, 2.75) is 19.8 Å². The van der Waals surface area contributed by atoms with Crippen molar-refractivity contribution in [2.75, 3.05) is 7.11 Å². The molecule has 0 saturated heterocycles. The van der Waals surface area contributed by atoms with Gasteiger partial charge in [-0.2, -0.15) is 0 Å². The summed E-state index contributed by atoms with van der Waals surface area (Å²) in [7, 11) is 1.41. The van der Waals surface area contributed by atoms with Gasteiger partial charge in [-0.3, -0.25) is 4.79 Å². The number of phenols is 1. The van der Waals surface area contributed by atoms with E-state index in [-0.39, 0.29) is 47.0 Å². The van der Waals surface area contributed by atoms with Gasteiger partial charge in [0.15, 0.2) is 11.5 Å². The lowest BCUT2D eigenvalue weighted by Crippen LogP contribution is -2.08. The summed E-state index contributed by atoms with van der Waals surface area (Å²) < 4.78 is 29.6. The normalized spacial score (nSPS) is 10.8. The van der Waals surface area contributed by atoms with E-state index in [1.807, 2.05) is 91.0 Å². The van der Waals surface area contributed by atoms with Gasteiger partial charge in [-0.1, -0.05) is 91.0 Å². The number of hydrogen-bond acceptors (Lipinski definition) is 7. The van der Waals surface area contributed by atoms with Crippen LogP contribution in [-0.2, 0) is 19.8 Å². The second-order valence-corrected chi connectivity index (χ2v) is 10.1. The van der Waals surface area contributed by atoms with Gasteiger partial charge in [0.05, 0.1) is 12.7 Å². The maximum absolute atomic E-state index is 13.9. The zero-order valence-electron chi connectivity index (χ0n) is 24.1. The first-order chi connectivity index (χ1) is 21.6. The van der Waals surface area contributed by atoms with Crippen LogP contribution in [-0.4, -0.2) is 12.2 Å². The smallest absolute Gasteiger partial charge is 0.204 e. The average molecular weight is 587 g/mol. The largest absolute Gasteiger partial charge is 0.504 e. The Morgan fingerprint density at radius 3 is 1.75 bits per heavy atom. The Morgan fingerprint density at radius 1 is 0.636 bits per heavy atom. The van der Waals surface area contributed by atoms with E-state index in [2.05, 4.69) is 0 Å². The average Bonchev–Trinajstić information content (AvgIpc) is 3.07. The number of hydrogen-bond donors (Lipinski definition) is 1. The van der Waals surface area contributed by atoms with Gasteiger partial charge in [-0.05, 0) is 28.8 Å². The van der Waals surface area contributed by atoms with Crippen LogP contribution in [0.2, 0.25) is 0 Å². The predicted molar refractivity (Wildman–Crippen MR) is 168 cm³/mol. The third-order valence-electron chi connectivity index (χ3n) is 7.13. The molecular formula is C37H30O7. The molecule has 0 aliphatic rings. The molecule has 7 heteroatoms. The van der Waals surface area contributed by atoms with Gasteiger partial charge in [0.1, 0.15) is 48.6 Å². The molecular weight excluding hydrogens is 556 g/mol. The zero-order valence-corrected chi connectivity index (χ0v) is 24.1. The minimum Gasteiger partial charge on any atom is -0.504 e. The first-order valence-electron chi connectivity index (χ1n) is 14.1. The topological polar surface area (TPSA) is 87.4 Å². The van der Waals surface area contributed by atoms with Gasteiger partial charge < -0.3 is 28.5 Å². The van der Waals surface area contributed by atoms with Crippen LogP contribution in [0, 0.1) is 0 Å². The molecule has 6 rings (SSSR count). The van der Waals surface area contributed by atoms with Gasteiger partial charge in [-0.25, -0.2) is 0 Å². The third kappa shape index (κ3) is 6.22. The first-order valence-corrected chi connectivity index (χ1v) is 14.1. The number of benzene rings is 5.